The average molecular weight is 302 g/mol. The highest BCUT2D eigenvalue weighted by molar-refractivity contribution is 6.35. The molecule has 0 spiro atoms. The Kier molecular flexibility index (Phi) is 3.35. The summed E-state index contributed by atoms with van der Waals surface area (Å²) in [5, 5.41) is 3.10. The SMILES string of the molecule is Cc1cccc(C(=O)N2CC(=O)Nc3cnccc32)c1Cl. The Labute approximate surface area is 126 Å². The molecule has 1 aliphatic heterocycles. The Morgan fingerprint density at radius 3 is 3.00 bits per heavy atom. The minimum absolute atomic E-state index is 0.0416. The number of pyridine rings is 1. The highest BCUT2D eigenvalue weighted by Crippen LogP contribution is 2.31. The number of anilines is 2. The molecule has 0 bridgehead atoms. The van der Waals surface area contributed by atoms with Crippen molar-refractivity contribution in [3.63, 3.8) is 0 Å². The van der Waals surface area contributed by atoms with Crippen molar-refractivity contribution in [2.24, 2.45) is 0 Å². The number of aryl methyl sites for hydroxylation is 1. The summed E-state index contributed by atoms with van der Waals surface area (Å²) in [6, 6.07) is 6.95. The largest absolute Gasteiger partial charge is 0.321 e. The third-order valence-electron chi connectivity index (χ3n) is 3.33. The van der Waals surface area contributed by atoms with E-state index in [4.69, 9.17) is 11.6 Å². The third-order valence-corrected chi connectivity index (χ3v) is 3.83. The van der Waals surface area contributed by atoms with Crippen molar-refractivity contribution in [2.45, 2.75) is 6.92 Å². The van der Waals surface area contributed by atoms with E-state index in [1.807, 2.05) is 13.0 Å². The molecule has 0 saturated carbocycles. The van der Waals surface area contributed by atoms with Gasteiger partial charge in [0.25, 0.3) is 5.91 Å². The minimum Gasteiger partial charge on any atom is -0.321 e. The second kappa shape index (κ2) is 5.18. The molecule has 0 atom stereocenters. The van der Waals surface area contributed by atoms with E-state index < -0.39 is 0 Å². The van der Waals surface area contributed by atoms with E-state index in [0.29, 0.717) is 22.0 Å². The topological polar surface area (TPSA) is 62.3 Å². The van der Waals surface area contributed by atoms with Crippen LogP contribution in [0.2, 0.25) is 5.02 Å². The zero-order valence-electron chi connectivity index (χ0n) is 11.3. The molecular weight excluding hydrogens is 290 g/mol. The van der Waals surface area contributed by atoms with Crippen LogP contribution in [0.25, 0.3) is 0 Å². The van der Waals surface area contributed by atoms with E-state index >= 15 is 0 Å². The van der Waals surface area contributed by atoms with Crippen molar-refractivity contribution in [2.75, 3.05) is 16.8 Å². The van der Waals surface area contributed by atoms with Gasteiger partial charge in [-0.2, -0.15) is 0 Å². The van der Waals surface area contributed by atoms with Crippen LogP contribution in [0.3, 0.4) is 0 Å². The molecule has 1 aromatic carbocycles. The number of nitrogens with zero attached hydrogens (tertiary/aromatic N) is 2. The first-order chi connectivity index (χ1) is 10.1. The van der Waals surface area contributed by atoms with Gasteiger partial charge in [0.2, 0.25) is 5.91 Å². The molecule has 0 unspecified atom stereocenters. The van der Waals surface area contributed by atoms with E-state index in [1.54, 1.807) is 24.4 Å². The van der Waals surface area contributed by atoms with Gasteiger partial charge in [-0.15, -0.1) is 0 Å². The van der Waals surface area contributed by atoms with Crippen LogP contribution in [0.4, 0.5) is 11.4 Å². The Bertz CT molecular complexity index is 745. The fraction of sp³-hybridized carbons (Fsp3) is 0.133. The molecule has 0 radical (unpaired) electrons. The quantitative estimate of drug-likeness (QED) is 0.881. The maximum atomic E-state index is 12.7. The maximum absolute atomic E-state index is 12.7. The van der Waals surface area contributed by atoms with Crippen molar-refractivity contribution in [1.82, 2.24) is 4.98 Å². The van der Waals surface area contributed by atoms with E-state index in [9.17, 15) is 9.59 Å². The Hall–Kier alpha value is -2.40. The van der Waals surface area contributed by atoms with E-state index in [-0.39, 0.29) is 18.4 Å². The van der Waals surface area contributed by atoms with Gasteiger partial charge in [-0.3, -0.25) is 19.5 Å². The number of aromatic nitrogens is 1. The fourth-order valence-electron chi connectivity index (χ4n) is 2.28. The smallest absolute Gasteiger partial charge is 0.260 e. The fourth-order valence-corrected chi connectivity index (χ4v) is 2.48. The highest BCUT2D eigenvalue weighted by Gasteiger charge is 2.28. The summed E-state index contributed by atoms with van der Waals surface area (Å²) in [5.41, 5.74) is 2.34. The molecule has 2 aromatic rings. The van der Waals surface area contributed by atoms with Gasteiger partial charge < -0.3 is 5.32 Å². The molecule has 106 valence electrons. The molecule has 1 N–H and O–H groups in total. The van der Waals surface area contributed by atoms with Gasteiger partial charge in [0, 0.05) is 6.20 Å². The van der Waals surface area contributed by atoms with Crippen molar-refractivity contribution in [3.8, 4) is 0 Å². The van der Waals surface area contributed by atoms with Crippen LogP contribution in [0.15, 0.2) is 36.7 Å². The average Bonchev–Trinajstić information content (AvgIpc) is 2.48. The zero-order chi connectivity index (χ0) is 15.0. The number of amides is 2. The van der Waals surface area contributed by atoms with Gasteiger partial charge in [0.15, 0.2) is 0 Å². The van der Waals surface area contributed by atoms with Gasteiger partial charge in [0.05, 0.1) is 28.2 Å². The lowest BCUT2D eigenvalue weighted by molar-refractivity contribution is -0.115. The first-order valence-corrected chi connectivity index (χ1v) is 6.76. The molecule has 3 rings (SSSR count). The van der Waals surface area contributed by atoms with Gasteiger partial charge in [0.1, 0.15) is 6.54 Å². The summed E-state index contributed by atoms with van der Waals surface area (Å²) in [6.07, 6.45) is 3.10. The van der Waals surface area contributed by atoms with Crippen molar-refractivity contribution >= 4 is 34.8 Å². The molecule has 0 aliphatic carbocycles. The Balaban J connectivity index is 2.06. The molecule has 1 aromatic heterocycles. The number of carbonyl (C=O) groups excluding carboxylic acids is 2. The lowest BCUT2D eigenvalue weighted by Gasteiger charge is -2.29. The number of fused-ring (bicyclic) bond motifs is 1. The predicted octanol–water partition coefficient (Wildman–Crippen LogP) is 2.64. The standard InChI is InChI=1S/C15H12ClN3O2/c1-9-3-2-4-10(14(9)16)15(21)19-8-13(20)18-11-7-17-6-5-12(11)19/h2-7H,8H2,1H3,(H,18,20). The van der Waals surface area contributed by atoms with Crippen LogP contribution < -0.4 is 10.2 Å². The minimum atomic E-state index is -0.300. The molecule has 5 nitrogen and oxygen atoms in total. The summed E-state index contributed by atoms with van der Waals surface area (Å²) in [6.45, 7) is 1.79. The van der Waals surface area contributed by atoms with Crippen LogP contribution in [-0.4, -0.2) is 23.3 Å². The summed E-state index contributed by atoms with van der Waals surface area (Å²) in [7, 11) is 0. The van der Waals surface area contributed by atoms with E-state index in [1.165, 1.54) is 11.1 Å². The first kappa shape index (κ1) is 13.6. The van der Waals surface area contributed by atoms with Crippen molar-refractivity contribution < 1.29 is 9.59 Å². The zero-order valence-corrected chi connectivity index (χ0v) is 12.0. The van der Waals surface area contributed by atoms with Crippen LogP contribution in [0, 0.1) is 6.92 Å². The highest BCUT2D eigenvalue weighted by atomic mass is 35.5. The molecular formula is C15H12ClN3O2. The van der Waals surface area contributed by atoms with Crippen LogP contribution in [-0.2, 0) is 4.79 Å². The summed E-state index contributed by atoms with van der Waals surface area (Å²) < 4.78 is 0. The van der Waals surface area contributed by atoms with Gasteiger partial charge in [-0.1, -0.05) is 23.7 Å². The van der Waals surface area contributed by atoms with Gasteiger partial charge in [-0.25, -0.2) is 0 Å². The summed E-state index contributed by atoms with van der Waals surface area (Å²) in [4.78, 5) is 29.8. The molecule has 0 saturated heterocycles. The maximum Gasteiger partial charge on any atom is 0.260 e. The molecule has 6 heteroatoms. The van der Waals surface area contributed by atoms with Crippen LogP contribution >= 0.6 is 11.6 Å². The molecule has 0 fully saturated rings. The van der Waals surface area contributed by atoms with Crippen molar-refractivity contribution in [3.05, 3.63) is 52.8 Å². The van der Waals surface area contributed by atoms with Crippen LogP contribution in [0.1, 0.15) is 15.9 Å². The van der Waals surface area contributed by atoms with E-state index in [2.05, 4.69) is 10.3 Å². The first-order valence-electron chi connectivity index (χ1n) is 6.39. The molecule has 1 aliphatic rings. The number of hydrogen-bond acceptors (Lipinski definition) is 3. The van der Waals surface area contributed by atoms with Crippen molar-refractivity contribution in [1.29, 1.82) is 0 Å². The van der Waals surface area contributed by atoms with Gasteiger partial charge >= 0.3 is 0 Å². The summed E-state index contributed by atoms with van der Waals surface area (Å²) in [5.74, 6) is -0.557. The molecule has 2 heterocycles. The second-order valence-electron chi connectivity index (χ2n) is 4.77. The monoisotopic (exact) mass is 301 g/mol. The second-order valence-corrected chi connectivity index (χ2v) is 5.15. The van der Waals surface area contributed by atoms with Gasteiger partial charge in [-0.05, 0) is 24.6 Å². The molecule has 21 heavy (non-hydrogen) atoms. The molecule has 2 amide bonds. The number of hydrogen-bond donors (Lipinski definition) is 1. The number of benzene rings is 1. The van der Waals surface area contributed by atoms with E-state index in [0.717, 1.165) is 5.56 Å². The number of halogens is 1. The summed E-state index contributed by atoms with van der Waals surface area (Å²) >= 11 is 6.21. The predicted molar refractivity (Wildman–Crippen MR) is 80.7 cm³/mol. The third kappa shape index (κ3) is 2.36. The number of rotatable bonds is 1. The number of nitrogens with one attached hydrogen (secondary N) is 1. The number of carbonyl (C=O) groups is 2. The normalized spacial score (nSPS) is 13.6. The Morgan fingerprint density at radius 2 is 2.19 bits per heavy atom. The lowest BCUT2D eigenvalue weighted by atomic mass is 10.1. The van der Waals surface area contributed by atoms with Crippen LogP contribution in [0.5, 0.6) is 0 Å². The lowest BCUT2D eigenvalue weighted by Crippen LogP contribution is -2.42. The Morgan fingerprint density at radius 1 is 1.38 bits per heavy atom.